The number of fused-ring (bicyclic) bond motifs is 5. The van der Waals surface area contributed by atoms with Crippen molar-refractivity contribution in [3.63, 3.8) is 0 Å². The number of aliphatic imine (C=N–C) groups is 2. The molecule has 10 rings (SSSR count). The summed E-state index contributed by atoms with van der Waals surface area (Å²) in [5.41, 5.74) is 9.37. The van der Waals surface area contributed by atoms with E-state index in [1.165, 1.54) is 32.7 Å². The van der Waals surface area contributed by atoms with Crippen molar-refractivity contribution < 1.29 is 4.42 Å². The lowest BCUT2D eigenvalue weighted by Crippen LogP contribution is -2.33. The van der Waals surface area contributed by atoms with Crippen LogP contribution in [0.5, 0.6) is 0 Å². The quantitative estimate of drug-likeness (QED) is 0.201. The number of hydrogen-bond acceptors (Lipinski definition) is 5. The van der Waals surface area contributed by atoms with E-state index < -0.39 is 0 Å². The molecule has 240 valence electrons. The Labute approximate surface area is 294 Å². The zero-order chi connectivity index (χ0) is 33.7. The Kier molecular flexibility index (Phi) is 6.81. The molecule has 0 fully saturated rings. The molecule has 51 heavy (non-hydrogen) atoms. The highest BCUT2D eigenvalue weighted by atomic mass is 16.3. The van der Waals surface area contributed by atoms with Gasteiger partial charge in [-0.1, -0.05) is 140 Å². The monoisotopic (exact) mass is 654 g/mol. The molecule has 2 aromatic heterocycles. The first-order chi connectivity index (χ1) is 25.3. The minimum Gasteiger partial charge on any atom is -0.454 e. The van der Waals surface area contributed by atoms with Crippen molar-refractivity contribution in [2.75, 3.05) is 0 Å². The van der Waals surface area contributed by atoms with Gasteiger partial charge in [-0.25, -0.2) is 9.98 Å². The fourth-order valence-corrected chi connectivity index (χ4v) is 7.36. The molecule has 0 radical (unpaired) electrons. The number of nitrogens with zero attached hydrogens (tertiary/aromatic N) is 3. The molecule has 9 aromatic rings. The molecule has 0 amide bonds. The summed E-state index contributed by atoms with van der Waals surface area (Å²) in [6.07, 6.45) is 3.34. The molecule has 0 spiro atoms. The lowest BCUT2D eigenvalue weighted by Gasteiger charge is -2.24. The average molecular weight is 655 g/mol. The van der Waals surface area contributed by atoms with Crippen molar-refractivity contribution in [3.05, 3.63) is 187 Å². The van der Waals surface area contributed by atoms with Crippen LogP contribution in [0.3, 0.4) is 0 Å². The SMILES string of the molecule is c1ccc(C2=NC(c3ccc4ccccc4c3)NC(c3ccc(-c4ccc(-c5cccc6oc7cnccc7c56)c5ccccc45)cc3)=N2)cc1. The highest BCUT2D eigenvalue weighted by Gasteiger charge is 2.22. The molecule has 0 saturated heterocycles. The number of benzene rings is 7. The van der Waals surface area contributed by atoms with E-state index in [1.54, 1.807) is 6.20 Å². The van der Waals surface area contributed by atoms with E-state index in [0.29, 0.717) is 5.84 Å². The van der Waals surface area contributed by atoms with Crippen LogP contribution in [0.4, 0.5) is 0 Å². The standard InChI is InChI=1S/C46H30N4O/c1-2-10-31(11-3-1)44-48-45(50-46(49-44)34-22-17-29-9-4-5-12-33(29)27-34)32-20-18-30(19-21-32)35-23-24-38(37-14-7-6-13-36(35)37)39-15-8-16-41-43(39)40-25-26-47-28-42(40)51-41/h1-28,46H,(H,48,49,50). The van der Waals surface area contributed by atoms with Gasteiger partial charge >= 0.3 is 0 Å². The topological polar surface area (TPSA) is 62.8 Å². The molecule has 3 heterocycles. The van der Waals surface area contributed by atoms with Crippen LogP contribution in [-0.2, 0) is 0 Å². The average Bonchev–Trinajstić information content (AvgIpc) is 3.60. The Balaban J connectivity index is 1.03. The van der Waals surface area contributed by atoms with Gasteiger partial charge in [-0.2, -0.15) is 0 Å². The second-order valence-corrected chi connectivity index (χ2v) is 12.9. The number of pyridine rings is 1. The van der Waals surface area contributed by atoms with Crippen molar-refractivity contribution in [2.24, 2.45) is 9.98 Å². The summed E-state index contributed by atoms with van der Waals surface area (Å²) in [6, 6.07) is 55.3. The van der Waals surface area contributed by atoms with Crippen LogP contribution >= 0.6 is 0 Å². The van der Waals surface area contributed by atoms with Crippen LogP contribution in [0.1, 0.15) is 22.9 Å². The maximum Gasteiger partial charge on any atom is 0.159 e. The zero-order valence-corrected chi connectivity index (χ0v) is 27.5. The normalized spacial score (nSPS) is 14.5. The van der Waals surface area contributed by atoms with Crippen LogP contribution in [-0.4, -0.2) is 16.7 Å². The molecule has 0 saturated carbocycles. The van der Waals surface area contributed by atoms with Crippen molar-refractivity contribution in [1.82, 2.24) is 10.3 Å². The summed E-state index contributed by atoms with van der Waals surface area (Å²) < 4.78 is 6.18. The Morgan fingerprint density at radius 3 is 2.12 bits per heavy atom. The minimum atomic E-state index is -0.276. The van der Waals surface area contributed by atoms with Crippen molar-refractivity contribution in [2.45, 2.75) is 6.17 Å². The van der Waals surface area contributed by atoms with E-state index >= 15 is 0 Å². The predicted octanol–water partition coefficient (Wildman–Crippen LogP) is 11.1. The van der Waals surface area contributed by atoms with E-state index in [4.69, 9.17) is 14.4 Å². The van der Waals surface area contributed by atoms with E-state index in [0.717, 1.165) is 55.6 Å². The highest BCUT2D eigenvalue weighted by Crippen LogP contribution is 2.41. The van der Waals surface area contributed by atoms with Gasteiger partial charge in [-0.05, 0) is 67.6 Å². The number of hydrogen-bond donors (Lipinski definition) is 1. The zero-order valence-electron chi connectivity index (χ0n) is 27.5. The Morgan fingerprint density at radius 1 is 0.510 bits per heavy atom. The molecule has 5 nitrogen and oxygen atoms in total. The second-order valence-electron chi connectivity index (χ2n) is 12.9. The molecule has 5 heteroatoms. The predicted molar refractivity (Wildman–Crippen MR) is 209 cm³/mol. The van der Waals surface area contributed by atoms with E-state index in [2.05, 4.69) is 138 Å². The van der Waals surface area contributed by atoms with Crippen LogP contribution < -0.4 is 5.32 Å². The number of nitrogens with one attached hydrogen (secondary N) is 1. The summed E-state index contributed by atoms with van der Waals surface area (Å²) >= 11 is 0. The maximum absolute atomic E-state index is 6.18. The van der Waals surface area contributed by atoms with Gasteiger partial charge in [0.05, 0.1) is 6.20 Å². The Morgan fingerprint density at radius 2 is 1.25 bits per heavy atom. The van der Waals surface area contributed by atoms with Crippen LogP contribution in [0.25, 0.3) is 65.7 Å². The van der Waals surface area contributed by atoms with Crippen molar-refractivity contribution in [3.8, 4) is 22.3 Å². The molecular weight excluding hydrogens is 625 g/mol. The second kappa shape index (κ2) is 11.9. The van der Waals surface area contributed by atoms with Crippen molar-refractivity contribution in [1.29, 1.82) is 0 Å². The van der Waals surface area contributed by atoms with Gasteiger partial charge in [-0.3, -0.25) is 4.98 Å². The van der Waals surface area contributed by atoms with Gasteiger partial charge in [0.15, 0.2) is 11.4 Å². The van der Waals surface area contributed by atoms with E-state index in [-0.39, 0.29) is 6.17 Å². The van der Waals surface area contributed by atoms with Gasteiger partial charge in [0.25, 0.3) is 0 Å². The minimum absolute atomic E-state index is 0.276. The van der Waals surface area contributed by atoms with Crippen LogP contribution in [0.2, 0.25) is 0 Å². The van der Waals surface area contributed by atoms with Gasteiger partial charge in [-0.15, -0.1) is 0 Å². The third-order valence-corrected chi connectivity index (χ3v) is 9.85. The van der Waals surface area contributed by atoms with Crippen LogP contribution in [0.15, 0.2) is 185 Å². The third-order valence-electron chi connectivity index (χ3n) is 9.85. The van der Waals surface area contributed by atoms with Crippen molar-refractivity contribution >= 4 is 55.2 Å². The fraction of sp³-hybridized carbons (Fsp3) is 0.0217. The molecular formula is C46H30N4O. The van der Waals surface area contributed by atoms with Gasteiger partial charge in [0.1, 0.15) is 17.6 Å². The summed E-state index contributed by atoms with van der Waals surface area (Å²) in [6.45, 7) is 0. The first-order valence-electron chi connectivity index (χ1n) is 17.1. The molecule has 1 aliphatic rings. The first-order valence-corrected chi connectivity index (χ1v) is 17.1. The lowest BCUT2D eigenvalue weighted by molar-refractivity contribution is 0.667. The fourth-order valence-electron chi connectivity index (χ4n) is 7.36. The third kappa shape index (κ3) is 5.06. The van der Waals surface area contributed by atoms with E-state index in [1.807, 2.05) is 36.5 Å². The molecule has 1 atom stereocenters. The van der Waals surface area contributed by atoms with Gasteiger partial charge < -0.3 is 9.73 Å². The number of rotatable bonds is 5. The van der Waals surface area contributed by atoms with Gasteiger partial charge in [0.2, 0.25) is 0 Å². The Bertz CT molecular complexity index is 2830. The molecule has 0 bridgehead atoms. The maximum atomic E-state index is 6.18. The first kappa shape index (κ1) is 29.1. The van der Waals surface area contributed by atoms with E-state index in [9.17, 15) is 0 Å². The number of amidine groups is 2. The van der Waals surface area contributed by atoms with Gasteiger partial charge in [0, 0.05) is 28.1 Å². The van der Waals surface area contributed by atoms with Crippen LogP contribution in [0, 0.1) is 0 Å². The summed E-state index contributed by atoms with van der Waals surface area (Å²) in [5, 5.41) is 10.6. The number of aromatic nitrogens is 1. The molecule has 1 N–H and O–H groups in total. The summed E-state index contributed by atoms with van der Waals surface area (Å²) in [4.78, 5) is 14.4. The molecule has 7 aromatic carbocycles. The lowest BCUT2D eigenvalue weighted by atomic mass is 9.90. The summed E-state index contributed by atoms with van der Waals surface area (Å²) in [5.74, 6) is 1.51. The molecule has 1 aliphatic heterocycles. The largest absolute Gasteiger partial charge is 0.454 e. The molecule has 1 unspecified atom stereocenters. The Hall–Kier alpha value is -6.85. The smallest absolute Gasteiger partial charge is 0.159 e. The highest BCUT2D eigenvalue weighted by molar-refractivity contribution is 6.17. The molecule has 0 aliphatic carbocycles. The number of furan rings is 1. The summed E-state index contributed by atoms with van der Waals surface area (Å²) in [7, 11) is 0.